The number of anilines is 1. The van der Waals surface area contributed by atoms with E-state index >= 15 is 0 Å². The van der Waals surface area contributed by atoms with Crippen LogP contribution in [0.1, 0.15) is 50.3 Å². The van der Waals surface area contributed by atoms with E-state index in [1.807, 2.05) is 67.1 Å². The number of halogens is 1. The molecular formula is C25H25ClN4O2S. The molecule has 0 saturated heterocycles. The van der Waals surface area contributed by atoms with Crippen LogP contribution in [0, 0.1) is 0 Å². The Bertz CT molecular complexity index is 1220. The van der Waals surface area contributed by atoms with Crippen LogP contribution in [0.25, 0.3) is 0 Å². The Hall–Kier alpha value is -2.77. The number of hydrogen-bond donors (Lipinski definition) is 1. The summed E-state index contributed by atoms with van der Waals surface area (Å²) >= 11 is 7.84. The minimum atomic E-state index is -0.306. The van der Waals surface area contributed by atoms with Gasteiger partial charge in [-0.1, -0.05) is 53.7 Å². The number of aromatic nitrogens is 3. The molecule has 1 aliphatic carbocycles. The second-order valence-electron chi connectivity index (χ2n) is 8.47. The number of ketones is 1. The molecule has 3 aromatic rings. The van der Waals surface area contributed by atoms with Gasteiger partial charge >= 0.3 is 0 Å². The molecule has 1 N–H and O–H groups in total. The number of allylic oxidation sites excluding steroid dienone is 2. The molecule has 1 unspecified atom stereocenters. The number of nitrogens with one attached hydrogen (secondary N) is 1. The molecule has 6 nitrogen and oxygen atoms in total. The quantitative estimate of drug-likeness (QED) is 0.434. The number of benzene rings is 2. The summed E-state index contributed by atoms with van der Waals surface area (Å²) in [6.45, 7) is 4.00. The summed E-state index contributed by atoms with van der Waals surface area (Å²) in [6, 6.07) is 15.4. The van der Waals surface area contributed by atoms with Gasteiger partial charge in [-0.05, 0) is 56.0 Å². The maximum atomic E-state index is 13.0. The predicted octanol–water partition coefficient (Wildman–Crippen LogP) is 6.03. The van der Waals surface area contributed by atoms with E-state index in [-0.39, 0.29) is 17.9 Å². The maximum absolute atomic E-state index is 13.0. The number of carbonyl (C=O) groups excluding carboxylic acids is 1. The molecule has 0 amide bonds. The number of nitrogens with zero attached hydrogens (tertiary/aromatic N) is 3. The highest BCUT2D eigenvalue weighted by molar-refractivity contribution is 7.98. The van der Waals surface area contributed by atoms with Gasteiger partial charge in [0, 0.05) is 28.5 Å². The minimum absolute atomic E-state index is 0.101. The molecule has 2 aliphatic rings. The van der Waals surface area contributed by atoms with Gasteiger partial charge in [-0.15, -0.1) is 5.10 Å². The lowest BCUT2D eigenvalue weighted by molar-refractivity contribution is -0.116. The Kier molecular flexibility index (Phi) is 6.17. The molecule has 0 saturated carbocycles. The van der Waals surface area contributed by atoms with E-state index in [1.54, 1.807) is 0 Å². The first-order chi connectivity index (χ1) is 16.0. The number of hydrogen-bond acceptors (Lipinski definition) is 6. The van der Waals surface area contributed by atoms with Gasteiger partial charge in [-0.3, -0.25) is 4.79 Å². The third-order valence-electron chi connectivity index (χ3n) is 5.73. The van der Waals surface area contributed by atoms with Crippen LogP contribution in [-0.4, -0.2) is 26.7 Å². The fraction of sp³-hybridized carbons (Fsp3) is 0.320. The molecule has 1 aromatic heterocycles. The average molecular weight is 481 g/mol. The van der Waals surface area contributed by atoms with E-state index in [0.29, 0.717) is 23.3 Å². The highest BCUT2D eigenvalue weighted by Crippen LogP contribution is 2.41. The van der Waals surface area contributed by atoms with Crippen molar-refractivity contribution < 1.29 is 9.53 Å². The molecular weight excluding hydrogens is 456 g/mol. The molecule has 0 fully saturated rings. The molecule has 0 spiro atoms. The van der Waals surface area contributed by atoms with Gasteiger partial charge in [0.2, 0.25) is 11.1 Å². The van der Waals surface area contributed by atoms with Crippen LogP contribution in [-0.2, 0) is 10.5 Å². The van der Waals surface area contributed by atoms with E-state index in [2.05, 4.69) is 5.32 Å². The Morgan fingerprint density at radius 2 is 1.97 bits per heavy atom. The van der Waals surface area contributed by atoms with Crippen molar-refractivity contribution in [3.63, 3.8) is 0 Å². The van der Waals surface area contributed by atoms with Gasteiger partial charge in [0.05, 0.1) is 6.10 Å². The number of thioether (sulfide) groups is 1. The van der Waals surface area contributed by atoms with Crippen molar-refractivity contribution in [1.82, 2.24) is 14.8 Å². The Morgan fingerprint density at radius 3 is 2.73 bits per heavy atom. The van der Waals surface area contributed by atoms with Gasteiger partial charge in [-0.2, -0.15) is 4.98 Å². The second-order valence-corrected chi connectivity index (χ2v) is 9.82. The molecule has 1 aliphatic heterocycles. The molecule has 0 radical (unpaired) electrons. The molecule has 0 bridgehead atoms. The van der Waals surface area contributed by atoms with E-state index < -0.39 is 0 Å². The molecule has 8 heteroatoms. The Labute approximate surface area is 202 Å². The van der Waals surface area contributed by atoms with Crippen molar-refractivity contribution in [2.24, 2.45) is 0 Å². The molecule has 2 aromatic carbocycles. The third kappa shape index (κ3) is 4.52. The van der Waals surface area contributed by atoms with Crippen molar-refractivity contribution in [2.75, 3.05) is 5.32 Å². The summed E-state index contributed by atoms with van der Waals surface area (Å²) in [7, 11) is 0. The number of rotatable bonds is 6. The first-order valence-corrected chi connectivity index (χ1v) is 12.5. The normalized spacial score (nSPS) is 17.6. The summed E-state index contributed by atoms with van der Waals surface area (Å²) < 4.78 is 7.64. The Balaban J connectivity index is 1.48. The number of fused-ring (bicyclic) bond motifs is 1. The lowest BCUT2D eigenvalue weighted by Gasteiger charge is -2.32. The first kappa shape index (κ1) is 22.0. The average Bonchev–Trinajstić information content (AvgIpc) is 3.20. The molecule has 170 valence electrons. The lowest BCUT2D eigenvalue weighted by Crippen LogP contribution is -2.31. The van der Waals surface area contributed by atoms with Crippen molar-refractivity contribution in [3.8, 4) is 5.75 Å². The summed E-state index contributed by atoms with van der Waals surface area (Å²) in [5.74, 6) is 2.31. The zero-order valence-corrected chi connectivity index (χ0v) is 20.1. The van der Waals surface area contributed by atoms with Crippen molar-refractivity contribution in [2.45, 2.75) is 56.2 Å². The topological polar surface area (TPSA) is 69.0 Å². The largest absolute Gasteiger partial charge is 0.491 e. The lowest BCUT2D eigenvalue weighted by atomic mass is 9.85. The minimum Gasteiger partial charge on any atom is -0.491 e. The Morgan fingerprint density at radius 1 is 1.18 bits per heavy atom. The summed E-state index contributed by atoms with van der Waals surface area (Å²) in [4.78, 5) is 17.7. The molecule has 5 rings (SSSR count). The van der Waals surface area contributed by atoms with E-state index in [1.165, 1.54) is 11.8 Å². The maximum Gasteiger partial charge on any atom is 0.227 e. The predicted molar refractivity (Wildman–Crippen MR) is 131 cm³/mol. The fourth-order valence-corrected chi connectivity index (χ4v) is 5.38. The van der Waals surface area contributed by atoms with Crippen LogP contribution in [0.15, 0.2) is 65.0 Å². The summed E-state index contributed by atoms with van der Waals surface area (Å²) in [5.41, 5.74) is 3.78. The zero-order chi connectivity index (χ0) is 22.9. The van der Waals surface area contributed by atoms with Gasteiger partial charge in [0.25, 0.3) is 0 Å². The number of Topliss-reactive ketones (excluding diaryl/α,β-unsaturated/α-hetero) is 1. The van der Waals surface area contributed by atoms with Crippen LogP contribution < -0.4 is 10.1 Å². The zero-order valence-electron chi connectivity index (χ0n) is 18.5. The van der Waals surface area contributed by atoms with Crippen LogP contribution in [0.4, 0.5) is 5.95 Å². The number of carbonyl (C=O) groups is 1. The van der Waals surface area contributed by atoms with Crippen molar-refractivity contribution in [3.05, 3.63) is 76.0 Å². The van der Waals surface area contributed by atoms with Crippen LogP contribution in [0.3, 0.4) is 0 Å². The van der Waals surface area contributed by atoms with E-state index in [4.69, 9.17) is 26.4 Å². The molecule has 2 heterocycles. The van der Waals surface area contributed by atoms with Crippen LogP contribution in [0.5, 0.6) is 5.75 Å². The van der Waals surface area contributed by atoms with Crippen LogP contribution in [0.2, 0.25) is 5.02 Å². The van der Waals surface area contributed by atoms with Crippen molar-refractivity contribution >= 4 is 35.1 Å². The van der Waals surface area contributed by atoms with Gasteiger partial charge in [0.15, 0.2) is 5.78 Å². The smallest absolute Gasteiger partial charge is 0.227 e. The SMILES string of the molecule is CC(C)Oc1ccc(C2C3=C(CCCC3=O)Nc3nc(SCc4ccccc4Cl)nn32)cc1. The monoisotopic (exact) mass is 480 g/mol. The highest BCUT2D eigenvalue weighted by Gasteiger charge is 2.36. The molecule has 1 atom stereocenters. The van der Waals surface area contributed by atoms with Gasteiger partial charge < -0.3 is 10.1 Å². The summed E-state index contributed by atoms with van der Waals surface area (Å²) in [5, 5.41) is 9.56. The third-order valence-corrected chi connectivity index (χ3v) is 6.99. The van der Waals surface area contributed by atoms with E-state index in [0.717, 1.165) is 46.0 Å². The fourth-order valence-electron chi connectivity index (χ4n) is 4.26. The van der Waals surface area contributed by atoms with Crippen molar-refractivity contribution in [1.29, 1.82) is 0 Å². The highest BCUT2D eigenvalue weighted by atomic mass is 35.5. The van der Waals surface area contributed by atoms with Gasteiger partial charge in [0.1, 0.15) is 11.8 Å². The first-order valence-electron chi connectivity index (χ1n) is 11.1. The van der Waals surface area contributed by atoms with E-state index in [9.17, 15) is 4.79 Å². The summed E-state index contributed by atoms with van der Waals surface area (Å²) in [6.07, 6.45) is 2.34. The number of ether oxygens (including phenoxy) is 1. The second kappa shape index (κ2) is 9.23. The van der Waals surface area contributed by atoms with Crippen LogP contribution >= 0.6 is 23.4 Å². The van der Waals surface area contributed by atoms with Gasteiger partial charge in [-0.25, -0.2) is 4.68 Å². The molecule has 33 heavy (non-hydrogen) atoms. The standard InChI is InChI=1S/C25H25ClN4O2S/c1-15(2)32-18-12-10-16(11-13-18)23-22-20(8-5-9-21(22)31)27-24-28-25(29-30(23)24)33-14-17-6-3-4-7-19(17)26/h3-4,6-7,10-13,15,23H,5,8-9,14H2,1-2H3,(H,27,28,29).